The summed E-state index contributed by atoms with van der Waals surface area (Å²) in [6, 6.07) is 0. The zero-order chi connectivity index (χ0) is 11.7. The molecule has 2 rings (SSSR count). The van der Waals surface area contributed by atoms with Crippen LogP contribution in [0.25, 0.3) is 11.2 Å². The second kappa shape index (κ2) is 4.00. The molecule has 0 aliphatic carbocycles. The lowest BCUT2D eigenvalue weighted by molar-refractivity contribution is 0.795. The molecule has 0 radical (unpaired) electrons. The Morgan fingerprint density at radius 1 is 1.38 bits per heavy atom. The minimum Gasteiger partial charge on any atom is -0.316 e. The molecule has 2 heterocycles. The molecule has 0 aliphatic heterocycles. The molecule has 0 fully saturated rings. The maximum atomic E-state index is 11.2. The van der Waals surface area contributed by atoms with Crippen LogP contribution in [0.2, 0.25) is 0 Å². The van der Waals surface area contributed by atoms with Gasteiger partial charge in [-0.25, -0.2) is 15.0 Å². The first-order valence-electron chi connectivity index (χ1n) is 5.37. The Balaban J connectivity index is 2.82. The van der Waals surface area contributed by atoms with E-state index in [0.717, 1.165) is 17.9 Å². The van der Waals surface area contributed by atoms with Gasteiger partial charge in [0.2, 0.25) is 0 Å². The van der Waals surface area contributed by atoms with Crippen molar-refractivity contribution in [2.75, 3.05) is 0 Å². The van der Waals surface area contributed by atoms with Gasteiger partial charge in [-0.15, -0.1) is 0 Å². The number of aromatic amines is 1. The number of hydrogen-bond donors (Lipinski definition) is 1. The summed E-state index contributed by atoms with van der Waals surface area (Å²) in [6.45, 7) is 6.07. The van der Waals surface area contributed by atoms with Crippen LogP contribution < -0.4 is 5.56 Å². The van der Waals surface area contributed by atoms with Crippen molar-refractivity contribution in [3.63, 3.8) is 0 Å². The fourth-order valence-corrected chi connectivity index (χ4v) is 1.58. The molecule has 84 valence electrons. The third-order valence-corrected chi connectivity index (χ3v) is 2.38. The fraction of sp³-hybridized carbons (Fsp3) is 0.455. The molecular weight excluding hydrogens is 204 g/mol. The summed E-state index contributed by atoms with van der Waals surface area (Å²) in [4.78, 5) is 26.7. The topological polar surface area (TPSA) is 71.5 Å². The maximum absolute atomic E-state index is 11.2. The first kappa shape index (κ1) is 10.7. The molecule has 2 aromatic rings. The number of nitrogens with one attached hydrogen (secondary N) is 1. The maximum Gasteiger partial charge on any atom is 0.267 e. The van der Waals surface area contributed by atoms with E-state index >= 15 is 0 Å². The van der Waals surface area contributed by atoms with E-state index < -0.39 is 0 Å². The lowest BCUT2D eigenvalue weighted by atomic mass is 10.1. The van der Waals surface area contributed by atoms with Gasteiger partial charge in [-0.2, -0.15) is 0 Å². The van der Waals surface area contributed by atoms with Crippen LogP contribution in [0, 0.1) is 0 Å². The Bertz CT molecular complexity index is 574. The molecule has 0 spiro atoms. The molecule has 5 nitrogen and oxygen atoms in total. The Morgan fingerprint density at radius 3 is 2.75 bits per heavy atom. The third kappa shape index (κ3) is 1.80. The second-order valence-corrected chi connectivity index (χ2v) is 3.98. The van der Waals surface area contributed by atoms with Gasteiger partial charge < -0.3 is 4.98 Å². The van der Waals surface area contributed by atoms with Crippen LogP contribution in [0.1, 0.15) is 38.2 Å². The number of hydrogen-bond acceptors (Lipinski definition) is 4. The summed E-state index contributed by atoms with van der Waals surface area (Å²) in [5.41, 5.74) is 1.85. The summed E-state index contributed by atoms with van der Waals surface area (Å²) in [5, 5.41) is 0. The average Bonchev–Trinajstić information content (AvgIpc) is 2.27. The summed E-state index contributed by atoms with van der Waals surface area (Å²) in [6.07, 6.45) is 2.01. The van der Waals surface area contributed by atoms with E-state index in [1.165, 1.54) is 6.20 Å². The smallest absolute Gasteiger partial charge is 0.267 e. The minimum atomic E-state index is -0.220. The Kier molecular flexibility index (Phi) is 2.68. The molecule has 0 saturated heterocycles. The van der Waals surface area contributed by atoms with E-state index in [2.05, 4.69) is 19.9 Å². The van der Waals surface area contributed by atoms with E-state index in [1.54, 1.807) is 0 Å². The van der Waals surface area contributed by atoms with E-state index in [-0.39, 0.29) is 11.5 Å². The van der Waals surface area contributed by atoms with Crippen LogP contribution in [0.4, 0.5) is 0 Å². The number of nitrogens with zero attached hydrogens (tertiary/aromatic N) is 3. The summed E-state index contributed by atoms with van der Waals surface area (Å²) in [7, 11) is 0. The fourth-order valence-electron chi connectivity index (χ4n) is 1.58. The van der Waals surface area contributed by atoms with Crippen molar-refractivity contribution in [3.05, 3.63) is 28.1 Å². The van der Waals surface area contributed by atoms with Gasteiger partial charge in [0.15, 0.2) is 5.65 Å². The standard InChI is InChI=1S/C11H14N4O/c1-4-7-13-9(6(2)3)10-11(14-7)12-5-8(16)15-10/h5-6H,4H2,1-3H3,(H,15,16). The zero-order valence-electron chi connectivity index (χ0n) is 9.61. The van der Waals surface area contributed by atoms with Gasteiger partial charge in [0.1, 0.15) is 11.3 Å². The van der Waals surface area contributed by atoms with Gasteiger partial charge in [0, 0.05) is 6.42 Å². The Labute approximate surface area is 93.0 Å². The molecule has 1 N–H and O–H groups in total. The van der Waals surface area contributed by atoms with Crippen LogP contribution in [0.5, 0.6) is 0 Å². The molecular formula is C11H14N4O. The highest BCUT2D eigenvalue weighted by Crippen LogP contribution is 2.18. The van der Waals surface area contributed by atoms with Crippen molar-refractivity contribution >= 4 is 11.2 Å². The van der Waals surface area contributed by atoms with Crippen molar-refractivity contribution in [2.24, 2.45) is 0 Å². The third-order valence-electron chi connectivity index (χ3n) is 2.38. The van der Waals surface area contributed by atoms with E-state index in [0.29, 0.717) is 11.2 Å². The highest BCUT2D eigenvalue weighted by atomic mass is 16.1. The lowest BCUT2D eigenvalue weighted by Gasteiger charge is -2.09. The normalized spacial score (nSPS) is 11.2. The van der Waals surface area contributed by atoms with Gasteiger partial charge >= 0.3 is 0 Å². The second-order valence-electron chi connectivity index (χ2n) is 3.98. The Morgan fingerprint density at radius 2 is 2.12 bits per heavy atom. The summed E-state index contributed by atoms with van der Waals surface area (Å²) in [5.74, 6) is 0.992. The summed E-state index contributed by atoms with van der Waals surface area (Å²) < 4.78 is 0. The zero-order valence-corrected chi connectivity index (χ0v) is 9.61. The SMILES string of the molecule is CCc1nc(C(C)C)c2[nH]c(=O)cnc2n1. The first-order valence-corrected chi connectivity index (χ1v) is 5.37. The molecule has 5 heteroatoms. The largest absolute Gasteiger partial charge is 0.316 e. The van der Waals surface area contributed by atoms with Gasteiger partial charge in [-0.1, -0.05) is 20.8 Å². The van der Waals surface area contributed by atoms with Crippen molar-refractivity contribution in [3.8, 4) is 0 Å². The van der Waals surface area contributed by atoms with E-state index in [4.69, 9.17) is 0 Å². The quantitative estimate of drug-likeness (QED) is 0.827. The molecule has 0 bridgehead atoms. The molecule has 2 aromatic heterocycles. The molecule has 0 unspecified atom stereocenters. The summed E-state index contributed by atoms with van der Waals surface area (Å²) >= 11 is 0. The van der Waals surface area contributed by atoms with Crippen LogP contribution in [0.3, 0.4) is 0 Å². The number of aryl methyl sites for hydroxylation is 1. The Hall–Kier alpha value is -1.78. The van der Waals surface area contributed by atoms with Crippen LogP contribution in [0.15, 0.2) is 11.0 Å². The number of rotatable bonds is 2. The van der Waals surface area contributed by atoms with Crippen molar-refractivity contribution in [1.82, 2.24) is 19.9 Å². The number of aromatic nitrogens is 4. The van der Waals surface area contributed by atoms with Gasteiger partial charge in [-0.3, -0.25) is 4.79 Å². The number of fused-ring (bicyclic) bond motifs is 1. The van der Waals surface area contributed by atoms with Crippen molar-refractivity contribution in [1.29, 1.82) is 0 Å². The average molecular weight is 218 g/mol. The van der Waals surface area contributed by atoms with Gasteiger partial charge in [0.25, 0.3) is 5.56 Å². The molecule has 0 atom stereocenters. The highest BCUT2D eigenvalue weighted by Gasteiger charge is 2.11. The van der Waals surface area contributed by atoms with Gasteiger partial charge in [0.05, 0.1) is 11.9 Å². The molecule has 0 amide bonds. The molecule has 16 heavy (non-hydrogen) atoms. The predicted molar refractivity (Wildman–Crippen MR) is 61.4 cm³/mol. The van der Waals surface area contributed by atoms with Crippen LogP contribution in [-0.2, 0) is 6.42 Å². The van der Waals surface area contributed by atoms with Crippen LogP contribution in [-0.4, -0.2) is 19.9 Å². The predicted octanol–water partition coefficient (Wildman–Crippen LogP) is 1.40. The van der Waals surface area contributed by atoms with E-state index in [1.807, 2.05) is 20.8 Å². The molecule has 0 saturated carbocycles. The molecule has 0 aromatic carbocycles. The minimum absolute atomic E-state index is 0.220. The number of H-pyrrole nitrogens is 1. The highest BCUT2D eigenvalue weighted by molar-refractivity contribution is 5.72. The van der Waals surface area contributed by atoms with Gasteiger partial charge in [-0.05, 0) is 5.92 Å². The van der Waals surface area contributed by atoms with Crippen molar-refractivity contribution in [2.45, 2.75) is 33.1 Å². The molecule has 0 aliphatic rings. The van der Waals surface area contributed by atoms with Crippen LogP contribution >= 0.6 is 0 Å². The lowest BCUT2D eigenvalue weighted by Crippen LogP contribution is -2.11. The first-order chi connectivity index (χ1) is 7.61. The van der Waals surface area contributed by atoms with Crippen molar-refractivity contribution < 1.29 is 0 Å². The van der Waals surface area contributed by atoms with E-state index in [9.17, 15) is 4.79 Å². The monoisotopic (exact) mass is 218 g/mol.